The van der Waals surface area contributed by atoms with Crippen LogP contribution < -0.4 is 10.4 Å². The number of aromatic nitrogens is 1. The Labute approximate surface area is 181 Å². The number of hydrogen-bond donors (Lipinski definition) is 2. The molecule has 0 aliphatic carbocycles. The van der Waals surface area contributed by atoms with Gasteiger partial charge in [0.25, 0.3) is 0 Å². The first-order valence-electron chi connectivity index (χ1n) is 9.56. The molecule has 2 aliphatic rings. The van der Waals surface area contributed by atoms with E-state index in [4.69, 9.17) is 4.94 Å². The van der Waals surface area contributed by atoms with Gasteiger partial charge in [0.15, 0.2) is 5.82 Å². The number of hydroxylamine groups is 3. The Balaban J connectivity index is 1.67. The van der Waals surface area contributed by atoms with E-state index in [1.54, 1.807) is 17.2 Å². The van der Waals surface area contributed by atoms with Crippen LogP contribution >= 0.6 is 15.9 Å². The Morgan fingerprint density at radius 3 is 2.90 bits per heavy atom. The molecule has 1 saturated heterocycles. The van der Waals surface area contributed by atoms with Crippen LogP contribution in [0.5, 0.6) is 0 Å². The van der Waals surface area contributed by atoms with Gasteiger partial charge in [-0.2, -0.15) is 5.06 Å². The lowest BCUT2D eigenvalue weighted by Crippen LogP contribution is -2.35. The maximum Gasteiger partial charge on any atom is 0.222 e. The first-order valence-corrected chi connectivity index (χ1v) is 10.3. The van der Waals surface area contributed by atoms with E-state index in [1.807, 2.05) is 19.1 Å². The minimum atomic E-state index is -0.410. The van der Waals surface area contributed by atoms with Crippen LogP contribution in [0.4, 0.5) is 10.1 Å². The van der Waals surface area contributed by atoms with E-state index in [0.29, 0.717) is 41.8 Å². The fourth-order valence-electron chi connectivity index (χ4n) is 3.48. The summed E-state index contributed by atoms with van der Waals surface area (Å²) in [5.41, 5.74) is 2.43. The molecule has 0 bridgehead atoms. The fraction of sp³-hybridized carbons (Fsp3) is 0.300. The molecule has 1 aromatic heterocycles. The summed E-state index contributed by atoms with van der Waals surface area (Å²) in [5, 5.41) is 15.6. The SMILES string of the molecule is Cc1cccnc1C1=C(NCCN2CCCC2=O)N(O)ON1c1ccc(F)c(Br)c1. The highest BCUT2D eigenvalue weighted by Crippen LogP contribution is 2.36. The minimum absolute atomic E-state index is 0.132. The highest BCUT2D eigenvalue weighted by molar-refractivity contribution is 9.10. The lowest BCUT2D eigenvalue weighted by atomic mass is 10.1. The third-order valence-corrected chi connectivity index (χ3v) is 5.60. The number of halogens is 2. The predicted molar refractivity (Wildman–Crippen MR) is 111 cm³/mol. The van der Waals surface area contributed by atoms with Crippen molar-refractivity contribution in [3.8, 4) is 0 Å². The summed E-state index contributed by atoms with van der Waals surface area (Å²) in [6, 6.07) is 8.11. The van der Waals surface area contributed by atoms with Gasteiger partial charge in [-0.3, -0.25) is 15.0 Å². The monoisotopic (exact) mass is 477 g/mol. The number of aryl methyl sites for hydroxylation is 1. The molecule has 2 aliphatic heterocycles. The van der Waals surface area contributed by atoms with Crippen LogP contribution in [0.2, 0.25) is 0 Å². The third-order valence-electron chi connectivity index (χ3n) is 4.99. The summed E-state index contributed by atoms with van der Waals surface area (Å²) in [7, 11) is 0. The van der Waals surface area contributed by atoms with Gasteiger partial charge in [0, 0.05) is 32.3 Å². The molecule has 0 saturated carbocycles. The van der Waals surface area contributed by atoms with Crippen LogP contribution in [0.1, 0.15) is 24.1 Å². The van der Waals surface area contributed by atoms with Crippen molar-refractivity contribution in [2.24, 2.45) is 0 Å². The van der Waals surface area contributed by atoms with E-state index in [9.17, 15) is 14.4 Å². The van der Waals surface area contributed by atoms with Crippen molar-refractivity contribution in [3.05, 3.63) is 63.9 Å². The van der Waals surface area contributed by atoms with E-state index in [-0.39, 0.29) is 16.2 Å². The van der Waals surface area contributed by atoms with Crippen LogP contribution in [-0.4, -0.2) is 45.9 Å². The molecule has 2 N–H and O–H groups in total. The molecular weight excluding hydrogens is 457 g/mol. The van der Waals surface area contributed by atoms with Crippen molar-refractivity contribution in [3.63, 3.8) is 0 Å². The van der Waals surface area contributed by atoms with Crippen molar-refractivity contribution in [2.75, 3.05) is 24.7 Å². The number of nitrogens with one attached hydrogen (secondary N) is 1. The van der Waals surface area contributed by atoms with Crippen molar-refractivity contribution in [1.82, 2.24) is 20.4 Å². The standard InChI is InChI=1S/C20H21BrFN5O3/c1-13-4-2-8-23-18(13)19-20(24-9-11-25-10-3-5-17(25)28)27(29)30-26(19)14-6-7-16(22)15(21)12-14/h2,4,6-8,12,24,29H,3,5,9-11H2,1H3. The lowest BCUT2D eigenvalue weighted by molar-refractivity contribution is -0.306. The molecule has 8 nitrogen and oxygen atoms in total. The smallest absolute Gasteiger partial charge is 0.222 e. The van der Waals surface area contributed by atoms with Gasteiger partial charge in [-0.05, 0) is 59.1 Å². The largest absolute Gasteiger partial charge is 0.364 e. The summed E-state index contributed by atoms with van der Waals surface area (Å²) in [6.07, 6.45) is 3.08. The van der Waals surface area contributed by atoms with Gasteiger partial charge in [-0.25, -0.2) is 4.39 Å². The average Bonchev–Trinajstić information content (AvgIpc) is 3.28. The van der Waals surface area contributed by atoms with Gasteiger partial charge in [0.1, 0.15) is 11.5 Å². The van der Waals surface area contributed by atoms with Gasteiger partial charge in [0.2, 0.25) is 5.91 Å². The second kappa shape index (κ2) is 8.58. The zero-order valence-corrected chi connectivity index (χ0v) is 17.9. The van der Waals surface area contributed by atoms with E-state index in [0.717, 1.165) is 18.5 Å². The minimum Gasteiger partial charge on any atom is -0.364 e. The van der Waals surface area contributed by atoms with Crippen LogP contribution in [0.15, 0.2) is 46.8 Å². The first kappa shape index (κ1) is 20.6. The fourth-order valence-corrected chi connectivity index (χ4v) is 3.84. The molecule has 1 fully saturated rings. The molecule has 0 spiro atoms. The maximum atomic E-state index is 13.7. The Kier molecular flexibility index (Phi) is 5.89. The van der Waals surface area contributed by atoms with Crippen LogP contribution in [-0.2, 0) is 9.73 Å². The highest BCUT2D eigenvalue weighted by Gasteiger charge is 2.35. The number of carbonyl (C=O) groups is 1. The van der Waals surface area contributed by atoms with Crippen molar-refractivity contribution in [2.45, 2.75) is 19.8 Å². The molecular formula is C20H21BrFN5O3. The number of carbonyl (C=O) groups excluding carboxylic acids is 1. The molecule has 3 heterocycles. The normalized spacial score (nSPS) is 16.8. The first-order chi connectivity index (χ1) is 14.5. The summed E-state index contributed by atoms with van der Waals surface area (Å²) >= 11 is 3.18. The van der Waals surface area contributed by atoms with Gasteiger partial charge >= 0.3 is 0 Å². The van der Waals surface area contributed by atoms with E-state index in [1.165, 1.54) is 17.2 Å². The van der Waals surface area contributed by atoms with Gasteiger partial charge < -0.3 is 10.2 Å². The molecule has 2 aromatic rings. The number of likely N-dealkylation sites (tertiary alicyclic amines) is 1. The number of anilines is 1. The number of amides is 1. The molecule has 10 heteroatoms. The third kappa shape index (κ3) is 3.98. The second-order valence-corrected chi connectivity index (χ2v) is 7.88. The Bertz CT molecular complexity index is 1000. The summed E-state index contributed by atoms with van der Waals surface area (Å²) in [4.78, 5) is 23.6. The Morgan fingerprint density at radius 2 is 2.20 bits per heavy atom. The molecule has 0 unspecified atom stereocenters. The zero-order chi connectivity index (χ0) is 21.3. The quantitative estimate of drug-likeness (QED) is 0.660. The number of nitrogens with zero attached hydrogens (tertiary/aromatic N) is 4. The van der Waals surface area contributed by atoms with Gasteiger partial charge in [-0.15, -0.1) is 4.94 Å². The molecule has 0 atom stereocenters. The average molecular weight is 478 g/mol. The zero-order valence-electron chi connectivity index (χ0n) is 16.3. The Morgan fingerprint density at radius 1 is 1.37 bits per heavy atom. The predicted octanol–water partition coefficient (Wildman–Crippen LogP) is 3.19. The van der Waals surface area contributed by atoms with Gasteiger partial charge in [0.05, 0.1) is 15.9 Å². The second-order valence-electron chi connectivity index (χ2n) is 7.02. The molecule has 1 amide bonds. The molecule has 0 radical (unpaired) electrons. The lowest BCUT2D eigenvalue weighted by Gasteiger charge is -2.20. The van der Waals surface area contributed by atoms with Crippen LogP contribution in [0.25, 0.3) is 5.70 Å². The number of benzene rings is 1. The van der Waals surface area contributed by atoms with Crippen LogP contribution in [0.3, 0.4) is 0 Å². The van der Waals surface area contributed by atoms with Crippen molar-refractivity contribution >= 4 is 33.2 Å². The molecule has 1 aromatic carbocycles. The highest BCUT2D eigenvalue weighted by atomic mass is 79.9. The number of pyridine rings is 1. The van der Waals surface area contributed by atoms with E-state index < -0.39 is 5.82 Å². The maximum absolute atomic E-state index is 13.7. The Hall–Kier alpha value is -2.69. The van der Waals surface area contributed by atoms with Crippen LogP contribution in [0, 0.1) is 12.7 Å². The van der Waals surface area contributed by atoms with Crippen molar-refractivity contribution < 1.29 is 19.3 Å². The molecule has 4 rings (SSSR count). The molecule has 158 valence electrons. The summed E-state index contributed by atoms with van der Waals surface area (Å²) < 4.78 is 14.0. The number of hydrogen-bond acceptors (Lipinski definition) is 7. The van der Waals surface area contributed by atoms with Gasteiger partial charge in [-0.1, -0.05) is 11.3 Å². The number of rotatable bonds is 6. The topological polar surface area (TPSA) is 81.2 Å². The van der Waals surface area contributed by atoms with Crippen molar-refractivity contribution in [1.29, 1.82) is 0 Å². The van der Waals surface area contributed by atoms with E-state index in [2.05, 4.69) is 26.2 Å². The molecule has 30 heavy (non-hydrogen) atoms. The summed E-state index contributed by atoms with van der Waals surface area (Å²) in [6.45, 7) is 3.56. The van der Waals surface area contributed by atoms with E-state index >= 15 is 0 Å². The summed E-state index contributed by atoms with van der Waals surface area (Å²) in [5.74, 6) is 0.00348.